The molecule has 2 rings (SSSR count). The molecule has 0 spiro atoms. The number of benzene rings is 1. The molecule has 0 bridgehead atoms. The van der Waals surface area contributed by atoms with Gasteiger partial charge >= 0.3 is 0 Å². The van der Waals surface area contributed by atoms with Crippen molar-refractivity contribution in [2.75, 3.05) is 7.11 Å². The molecule has 1 aromatic heterocycles. The fourth-order valence-electron chi connectivity index (χ4n) is 1.70. The van der Waals surface area contributed by atoms with Gasteiger partial charge in [0, 0.05) is 6.99 Å². The van der Waals surface area contributed by atoms with E-state index in [-0.39, 0.29) is 1.43 Å². The summed E-state index contributed by atoms with van der Waals surface area (Å²) in [6, 6.07) is 8.42. The van der Waals surface area contributed by atoms with Crippen molar-refractivity contribution < 1.29 is 6.16 Å². The van der Waals surface area contributed by atoms with Crippen molar-refractivity contribution >= 4 is 0 Å². The number of hydrogen-bond acceptors (Lipinski definition) is 2. The van der Waals surface area contributed by atoms with E-state index in [9.17, 15) is 0 Å². The van der Waals surface area contributed by atoms with Gasteiger partial charge in [0.25, 0.3) is 0 Å². The van der Waals surface area contributed by atoms with Crippen LogP contribution in [0.1, 0.15) is 26.8 Å². The zero-order valence-corrected chi connectivity index (χ0v) is 9.82. The van der Waals surface area contributed by atoms with Gasteiger partial charge in [-0.25, -0.2) is 4.98 Å². The molecule has 1 aromatic carbocycles. The molecule has 0 unspecified atom stereocenters. The Hall–Kier alpha value is -1.77. The number of nitrogens with zero attached hydrogens (tertiary/aromatic N) is 1. The van der Waals surface area contributed by atoms with Gasteiger partial charge in [0.1, 0.15) is 5.69 Å². The molecule has 3 nitrogen and oxygen atoms in total. The van der Waals surface area contributed by atoms with Crippen LogP contribution in [0.4, 0.5) is 0 Å². The molecule has 3 heteroatoms. The van der Waals surface area contributed by atoms with Crippen LogP contribution in [0.15, 0.2) is 30.6 Å². The first-order chi connectivity index (χ1) is 7.72. The fourth-order valence-corrected chi connectivity index (χ4v) is 1.70. The Balaban J connectivity index is 0.00000144. The Bertz CT molecular complexity index is 480. The van der Waals surface area contributed by atoms with Crippen molar-refractivity contribution in [1.82, 2.24) is 9.97 Å². The van der Waals surface area contributed by atoms with Gasteiger partial charge in [-0.2, -0.15) is 0 Å². The maximum Gasteiger partial charge on any atom is 0.239 e. The molecule has 0 amide bonds. The second kappa shape index (κ2) is 4.39. The van der Waals surface area contributed by atoms with Crippen LogP contribution in [0.2, 0.25) is 0 Å². The van der Waals surface area contributed by atoms with Crippen LogP contribution >= 0.6 is 0 Å². The van der Waals surface area contributed by atoms with Crippen molar-refractivity contribution in [2.24, 2.45) is 0 Å². The van der Waals surface area contributed by atoms with Gasteiger partial charge in [-0.15, -0.1) is 0 Å². The summed E-state index contributed by atoms with van der Waals surface area (Å²) >= 11 is 0. The minimum absolute atomic E-state index is 0. The SMILES string of the molecule is COc1nc[nH]c1-c1cccc(C(C)C)c1.[HH]. The van der Waals surface area contributed by atoms with Crippen LogP contribution < -0.4 is 4.74 Å². The Morgan fingerprint density at radius 1 is 1.38 bits per heavy atom. The van der Waals surface area contributed by atoms with Crippen LogP contribution in [0.25, 0.3) is 11.3 Å². The van der Waals surface area contributed by atoms with Gasteiger partial charge in [0.2, 0.25) is 5.88 Å². The fraction of sp³-hybridized carbons (Fsp3) is 0.308. The van der Waals surface area contributed by atoms with Crippen molar-refractivity contribution in [1.29, 1.82) is 0 Å². The lowest BCUT2D eigenvalue weighted by atomic mass is 10.00. The third-order valence-electron chi connectivity index (χ3n) is 2.64. The summed E-state index contributed by atoms with van der Waals surface area (Å²) in [5, 5.41) is 0. The van der Waals surface area contributed by atoms with E-state index in [1.807, 2.05) is 0 Å². The molecule has 86 valence electrons. The first-order valence-corrected chi connectivity index (χ1v) is 5.40. The van der Waals surface area contributed by atoms with Crippen LogP contribution in [0, 0.1) is 0 Å². The highest BCUT2D eigenvalue weighted by atomic mass is 16.5. The van der Waals surface area contributed by atoms with E-state index < -0.39 is 0 Å². The molecule has 0 aliphatic rings. The van der Waals surface area contributed by atoms with Crippen molar-refractivity contribution in [3.63, 3.8) is 0 Å². The van der Waals surface area contributed by atoms with Crippen LogP contribution in [0.5, 0.6) is 5.88 Å². The first-order valence-electron chi connectivity index (χ1n) is 5.40. The molecule has 0 aliphatic heterocycles. The van der Waals surface area contributed by atoms with Gasteiger partial charge in [-0.1, -0.05) is 32.0 Å². The summed E-state index contributed by atoms with van der Waals surface area (Å²) < 4.78 is 5.20. The highest BCUT2D eigenvalue weighted by molar-refractivity contribution is 5.65. The molecule has 0 saturated heterocycles. The van der Waals surface area contributed by atoms with Crippen LogP contribution in [0.3, 0.4) is 0 Å². The molecule has 0 atom stereocenters. The Morgan fingerprint density at radius 3 is 2.88 bits per heavy atom. The van der Waals surface area contributed by atoms with Gasteiger partial charge in [-0.05, 0) is 17.5 Å². The first kappa shape index (κ1) is 10.7. The van der Waals surface area contributed by atoms with E-state index in [1.54, 1.807) is 13.4 Å². The third kappa shape index (κ3) is 1.94. The van der Waals surface area contributed by atoms with E-state index in [1.165, 1.54) is 5.56 Å². The summed E-state index contributed by atoms with van der Waals surface area (Å²) in [6.45, 7) is 4.37. The smallest absolute Gasteiger partial charge is 0.239 e. The molecule has 0 fully saturated rings. The predicted octanol–water partition coefficient (Wildman–Crippen LogP) is 3.45. The molecule has 16 heavy (non-hydrogen) atoms. The summed E-state index contributed by atoms with van der Waals surface area (Å²) in [5.41, 5.74) is 3.36. The molecular weight excluding hydrogens is 200 g/mol. The molecule has 0 aliphatic carbocycles. The van der Waals surface area contributed by atoms with E-state index in [0.29, 0.717) is 11.8 Å². The number of hydrogen-bond donors (Lipinski definition) is 1. The number of methoxy groups -OCH3 is 1. The Labute approximate surface area is 97.0 Å². The minimum Gasteiger partial charge on any atom is -0.479 e. The van der Waals surface area contributed by atoms with Gasteiger partial charge in [0.05, 0.1) is 13.4 Å². The average Bonchev–Trinajstić information content (AvgIpc) is 2.77. The summed E-state index contributed by atoms with van der Waals surface area (Å²) in [4.78, 5) is 7.21. The number of H-pyrrole nitrogens is 1. The van der Waals surface area contributed by atoms with Gasteiger partial charge in [-0.3, -0.25) is 0 Å². The van der Waals surface area contributed by atoms with Crippen molar-refractivity contribution in [3.05, 3.63) is 36.2 Å². The number of nitrogens with one attached hydrogen (secondary N) is 1. The topological polar surface area (TPSA) is 37.9 Å². The van der Waals surface area contributed by atoms with E-state index >= 15 is 0 Å². The van der Waals surface area contributed by atoms with Crippen molar-refractivity contribution in [2.45, 2.75) is 19.8 Å². The normalized spacial score (nSPS) is 10.8. The lowest BCUT2D eigenvalue weighted by Crippen LogP contribution is -1.90. The zero-order valence-electron chi connectivity index (χ0n) is 9.82. The lowest BCUT2D eigenvalue weighted by Gasteiger charge is -2.07. The average molecular weight is 218 g/mol. The Kier molecular flexibility index (Phi) is 2.95. The molecule has 1 N–H and O–H groups in total. The number of aromatic amines is 1. The highest BCUT2D eigenvalue weighted by Crippen LogP contribution is 2.28. The Morgan fingerprint density at radius 2 is 2.19 bits per heavy atom. The van der Waals surface area contributed by atoms with E-state index in [4.69, 9.17) is 4.74 Å². The number of aromatic nitrogens is 2. The van der Waals surface area contributed by atoms with Crippen molar-refractivity contribution in [3.8, 4) is 17.1 Å². The maximum atomic E-state index is 5.20. The monoisotopic (exact) mass is 218 g/mol. The second-order valence-electron chi connectivity index (χ2n) is 4.07. The summed E-state index contributed by atoms with van der Waals surface area (Å²) in [5.74, 6) is 1.16. The van der Waals surface area contributed by atoms with Crippen LogP contribution in [-0.2, 0) is 0 Å². The minimum atomic E-state index is 0. The van der Waals surface area contributed by atoms with E-state index in [0.717, 1.165) is 11.3 Å². The van der Waals surface area contributed by atoms with Crippen LogP contribution in [-0.4, -0.2) is 17.1 Å². The quantitative estimate of drug-likeness (QED) is 0.856. The standard InChI is InChI=1S/C13H16N2O.H2/c1-9(2)10-5-4-6-11(7-10)12-13(16-3)15-8-14-12;/h4-9H,1-3H3,(H,14,15);1H. The lowest BCUT2D eigenvalue weighted by molar-refractivity contribution is 0.402. The maximum absolute atomic E-state index is 5.20. The summed E-state index contributed by atoms with van der Waals surface area (Å²) in [7, 11) is 1.63. The molecular formula is C13H18N2O. The van der Waals surface area contributed by atoms with Gasteiger partial charge < -0.3 is 9.72 Å². The van der Waals surface area contributed by atoms with E-state index in [2.05, 4.69) is 48.1 Å². The molecule has 2 aromatic rings. The zero-order chi connectivity index (χ0) is 11.5. The number of ether oxygens (including phenoxy) is 1. The highest BCUT2D eigenvalue weighted by Gasteiger charge is 2.09. The predicted molar refractivity (Wildman–Crippen MR) is 66.8 cm³/mol. The second-order valence-corrected chi connectivity index (χ2v) is 4.07. The summed E-state index contributed by atoms with van der Waals surface area (Å²) in [6.07, 6.45) is 1.65. The molecule has 0 radical (unpaired) electrons. The number of imidazole rings is 1. The van der Waals surface area contributed by atoms with Gasteiger partial charge in [0.15, 0.2) is 0 Å². The molecule has 1 heterocycles. The number of rotatable bonds is 3. The molecule has 0 saturated carbocycles. The largest absolute Gasteiger partial charge is 0.479 e. The third-order valence-corrected chi connectivity index (χ3v) is 2.64.